The van der Waals surface area contributed by atoms with Crippen molar-refractivity contribution in [2.75, 3.05) is 0 Å². The van der Waals surface area contributed by atoms with Gasteiger partial charge in [-0.25, -0.2) is 0 Å². The predicted octanol–water partition coefficient (Wildman–Crippen LogP) is 4.53. The van der Waals surface area contributed by atoms with Gasteiger partial charge in [0.25, 0.3) is 0 Å². The van der Waals surface area contributed by atoms with E-state index in [1.807, 2.05) is 0 Å². The molecule has 0 spiro atoms. The van der Waals surface area contributed by atoms with Crippen molar-refractivity contribution in [2.45, 2.75) is 20.8 Å². The summed E-state index contributed by atoms with van der Waals surface area (Å²) in [5.74, 6) is 0. The van der Waals surface area contributed by atoms with E-state index < -0.39 is 0 Å². The molecule has 0 atom stereocenters. The quantitative estimate of drug-likeness (QED) is 0.583. The van der Waals surface area contributed by atoms with E-state index in [1.54, 1.807) is 0 Å². The zero-order chi connectivity index (χ0) is 12.7. The fraction of sp³-hybridized carbons (Fsp3) is 0.176. The topological polar surface area (TPSA) is 4.41 Å². The fourth-order valence-corrected chi connectivity index (χ4v) is 2.45. The molecule has 0 amide bonds. The molecule has 0 unspecified atom stereocenters. The van der Waals surface area contributed by atoms with Gasteiger partial charge in [-0.05, 0) is 55.7 Å². The van der Waals surface area contributed by atoms with Crippen LogP contribution in [0, 0.1) is 20.8 Å². The zero-order valence-electron chi connectivity index (χ0n) is 11.1. The van der Waals surface area contributed by atoms with Crippen LogP contribution < -0.4 is 0 Å². The lowest BCUT2D eigenvalue weighted by Crippen LogP contribution is -1.90. The number of aromatic nitrogens is 1. The predicted molar refractivity (Wildman–Crippen MR) is 77.0 cm³/mol. The van der Waals surface area contributed by atoms with Gasteiger partial charge >= 0.3 is 0 Å². The molecule has 90 valence electrons. The van der Waals surface area contributed by atoms with Gasteiger partial charge < -0.3 is 4.40 Å². The van der Waals surface area contributed by atoms with E-state index in [-0.39, 0.29) is 0 Å². The first-order valence-corrected chi connectivity index (χ1v) is 6.30. The van der Waals surface area contributed by atoms with Gasteiger partial charge in [-0.3, -0.25) is 0 Å². The van der Waals surface area contributed by atoms with E-state index in [0.717, 1.165) is 0 Å². The Morgan fingerprint density at radius 3 is 2.44 bits per heavy atom. The molecule has 0 aliphatic rings. The average molecular weight is 235 g/mol. The van der Waals surface area contributed by atoms with Crippen molar-refractivity contribution in [3.05, 3.63) is 65.5 Å². The number of hydrogen-bond acceptors (Lipinski definition) is 0. The average Bonchev–Trinajstić information content (AvgIpc) is 2.74. The van der Waals surface area contributed by atoms with Crippen LogP contribution in [0.15, 0.2) is 48.7 Å². The number of nitrogens with zero attached hydrogens (tertiary/aromatic N) is 1. The Morgan fingerprint density at radius 2 is 1.61 bits per heavy atom. The molecule has 0 radical (unpaired) electrons. The lowest BCUT2D eigenvalue weighted by molar-refractivity contribution is 1.11. The van der Waals surface area contributed by atoms with Crippen molar-refractivity contribution in [3.8, 4) is 11.1 Å². The molecule has 0 N–H and O–H groups in total. The normalized spacial score (nSPS) is 11.1. The van der Waals surface area contributed by atoms with Crippen molar-refractivity contribution >= 4 is 5.52 Å². The Labute approximate surface area is 108 Å². The highest BCUT2D eigenvalue weighted by atomic mass is 14.9. The van der Waals surface area contributed by atoms with Crippen LogP contribution in [0.4, 0.5) is 0 Å². The van der Waals surface area contributed by atoms with Gasteiger partial charge in [-0.15, -0.1) is 0 Å². The number of hydrogen-bond donors (Lipinski definition) is 0. The van der Waals surface area contributed by atoms with E-state index in [4.69, 9.17) is 0 Å². The maximum atomic E-state index is 2.26. The standard InChI is InChI=1S/C17H17N/c1-12-4-5-13(2)17(10-12)15-7-9-16-8-6-14(3)18(16)11-15/h4-11H,1-3H3. The summed E-state index contributed by atoms with van der Waals surface area (Å²) in [7, 11) is 0. The van der Waals surface area contributed by atoms with Crippen molar-refractivity contribution in [3.63, 3.8) is 0 Å². The molecule has 0 aliphatic carbocycles. The van der Waals surface area contributed by atoms with Crippen molar-refractivity contribution in [1.29, 1.82) is 0 Å². The summed E-state index contributed by atoms with van der Waals surface area (Å²) in [4.78, 5) is 0. The minimum absolute atomic E-state index is 1.25. The van der Waals surface area contributed by atoms with Gasteiger partial charge in [0, 0.05) is 17.4 Å². The molecule has 0 fully saturated rings. The highest BCUT2D eigenvalue weighted by molar-refractivity contribution is 5.69. The Hall–Kier alpha value is -2.02. The van der Waals surface area contributed by atoms with Gasteiger partial charge in [-0.2, -0.15) is 0 Å². The number of fused-ring (bicyclic) bond motifs is 1. The van der Waals surface area contributed by atoms with Crippen LogP contribution in [0.3, 0.4) is 0 Å². The van der Waals surface area contributed by atoms with Gasteiger partial charge in [0.05, 0.1) is 0 Å². The van der Waals surface area contributed by atoms with Gasteiger partial charge in [0.2, 0.25) is 0 Å². The summed E-state index contributed by atoms with van der Waals surface area (Å²) in [5.41, 5.74) is 7.76. The maximum Gasteiger partial charge on any atom is 0.0453 e. The van der Waals surface area contributed by atoms with E-state index in [1.165, 1.54) is 33.5 Å². The molecular weight excluding hydrogens is 218 g/mol. The molecule has 0 aliphatic heterocycles. The molecule has 2 aromatic heterocycles. The molecule has 0 saturated heterocycles. The SMILES string of the molecule is Cc1ccc(C)c(-c2ccc3ccc(C)n3c2)c1. The lowest BCUT2D eigenvalue weighted by atomic mass is 10.00. The first kappa shape index (κ1) is 11.1. The largest absolute Gasteiger partial charge is 0.321 e. The third-order valence-electron chi connectivity index (χ3n) is 3.56. The monoisotopic (exact) mass is 235 g/mol. The number of benzene rings is 1. The van der Waals surface area contributed by atoms with Crippen LogP contribution in [0.2, 0.25) is 0 Å². The van der Waals surface area contributed by atoms with Crippen molar-refractivity contribution in [2.24, 2.45) is 0 Å². The molecule has 1 nitrogen and oxygen atoms in total. The first-order chi connectivity index (χ1) is 8.65. The maximum absolute atomic E-state index is 2.26. The highest BCUT2D eigenvalue weighted by Crippen LogP contribution is 2.25. The minimum Gasteiger partial charge on any atom is -0.321 e. The molecule has 3 aromatic rings. The number of pyridine rings is 1. The Morgan fingerprint density at radius 1 is 0.833 bits per heavy atom. The smallest absolute Gasteiger partial charge is 0.0453 e. The van der Waals surface area contributed by atoms with Crippen molar-refractivity contribution in [1.82, 2.24) is 4.40 Å². The molecule has 1 heteroatoms. The zero-order valence-corrected chi connectivity index (χ0v) is 11.1. The van der Waals surface area contributed by atoms with Crippen LogP contribution in [-0.4, -0.2) is 4.40 Å². The lowest BCUT2D eigenvalue weighted by Gasteiger charge is -2.09. The molecule has 0 saturated carbocycles. The van der Waals surface area contributed by atoms with E-state index in [0.29, 0.717) is 0 Å². The summed E-state index contributed by atoms with van der Waals surface area (Å²) in [6.07, 6.45) is 2.23. The second-order valence-corrected chi connectivity index (χ2v) is 5.01. The minimum atomic E-state index is 1.25. The summed E-state index contributed by atoms with van der Waals surface area (Å²) in [6.45, 7) is 6.45. The van der Waals surface area contributed by atoms with Crippen LogP contribution in [-0.2, 0) is 0 Å². The van der Waals surface area contributed by atoms with Crippen LogP contribution in [0.1, 0.15) is 16.8 Å². The summed E-state index contributed by atoms with van der Waals surface area (Å²) in [5, 5.41) is 0. The Kier molecular flexibility index (Phi) is 2.48. The van der Waals surface area contributed by atoms with E-state index in [9.17, 15) is 0 Å². The number of aryl methyl sites for hydroxylation is 3. The molecule has 1 aromatic carbocycles. The van der Waals surface area contributed by atoms with Crippen LogP contribution in [0.5, 0.6) is 0 Å². The first-order valence-electron chi connectivity index (χ1n) is 6.30. The Balaban J connectivity index is 2.24. The van der Waals surface area contributed by atoms with E-state index >= 15 is 0 Å². The third kappa shape index (κ3) is 1.72. The molecule has 3 rings (SSSR count). The summed E-state index contributed by atoms with van der Waals surface area (Å²) in [6, 6.07) is 15.3. The second kappa shape index (κ2) is 4.02. The molecule has 2 heterocycles. The molecule has 0 bridgehead atoms. The molecular formula is C17H17N. The Bertz CT molecular complexity index is 720. The molecule has 18 heavy (non-hydrogen) atoms. The summed E-state index contributed by atoms with van der Waals surface area (Å²) < 4.78 is 2.25. The third-order valence-corrected chi connectivity index (χ3v) is 3.56. The van der Waals surface area contributed by atoms with Gasteiger partial charge in [0.1, 0.15) is 0 Å². The number of rotatable bonds is 1. The second-order valence-electron chi connectivity index (χ2n) is 5.01. The van der Waals surface area contributed by atoms with Gasteiger partial charge in [-0.1, -0.05) is 29.8 Å². The highest BCUT2D eigenvalue weighted by Gasteiger charge is 2.04. The summed E-state index contributed by atoms with van der Waals surface area (Å²) >= 11 is 0. The van der Waals surface area contributed by atoms with Gasteiger partial charge in [0.15, 0.2) is 0 Å². The van der Waals surface area contributed by atoms with Crippen LogP contribution in [0.25, 0.3) is 16.6 Å². The van der Waals surface area contributed by atoms with E-state index in [2.05, 4.69) is 73.8 Å². The van der Waals surface area contributed by atoms with Crippen molar-refractivity contribution < 1.29 is 0 Å². The van der Waals surface area contributed by atoms with Crippen LogP contribution >= 0.6 is 0 Å². The fourth-order valence-electron chi connectivity index (χ4n) is 2.45.